The van der Waals surface area contributed by atoms with Crippen LogP contribution in [0.2, 0.25) is 0 Å². The van der Waals surface area contributed by atoms with Crippen LogP contribution < -0.4 is 4.90 Å². The first-order chi connectivity index (χ1) is 14.6. The number of hydrogen-bond acceptors (Lipinski definition) is 6. The molecule has 1 amide bonds. The molecule has 1 aromatic carbocycles. The fraction of sp³-hybridized carbons (Fsp3) is 0.348. The maximum atomic E-state index is 12.9. The summed E-state index contributed by atoms with van der Waals surface area (Å²) in [6, 6.07) is 11.9. The highest BCUT2D eigenvalue weighted by Gasteiger charge is 2.27. The zero-order valence-electron chi connectivity index (χ0n) is 17.4. The molecule has 1 aliphatic rings. The number of benzene rings is 1. The van der Waals surface area contributed by atoms with Gasteiger partial charge in [0.05, 0.1) is 18.3 Å². The van der Waals surface area contributed by atoms with Crippen molar-refractivity contribution in [1.82, 2.24) is 24.8 Å². The third kappa shape index (κ3) is 4.62. The second-order valence-electron chi connectivity index (χ2n) is 7.80. The first-order valence-electron chi connectivity index (χ1n) is 10.2. The van der Waals surface area contributed by atoms with Gasteiger partial charge in [0.25, 0.3) is 0 Å². The minimum atomic E-state index is 0.168. The first kappa shape index (κ1) is 19.9. The Kier molecular flexibility index (Phi) is 5.97. The molecule has 3 aromatic rings. The maximum absolute atomic E-state index is 12.9. The van der Waals surface area contributed by atoms with Gasteiger partial charge in [-0.25, -0.2) is 15.0 Å². The smallest absolute Gasteiger partial charge is 0.227 e. The van der Waals surface area contributed by atoms with Gasteiger partial charge in [0, 0.05) is 51.6 Å². The molecule has 1 saturated heterocycles. The minimum Gasteiger partial charge on any atom is -0.363 e. The van der Waals surface area contributed by atoms with Crippen molar-refractivity contribution >= 4 is 11.7 Å². The Labute approximate surface area is 176 Å². The standard InChI is InChI=1S/C23H26N6O/c1-28(2)21-14-19(26-23(27-21)20-15-24-10-11-25-20)18-9-6-12-29(16-18)22(30)13-17-7-4-3-5-8-17/h3-5,7-8,10-11,14-15,18H,6,9,12-13,16H2,1-2H3/t18-/m0/s1. The molecular weight excluding hydrogens is 376 g/mol. The quantitative estimate of drug-likeness (QED) is 0.653. The fourth-order valence-electron chi connectivity index (χ4n) is 3.75. The SMILES string of the molecule is CN(C)c1cc([C@H]2CCCN(C(=O)Cc3ccccc3)C2)nc(-c2cnccn2)n1. The molecule has 0 aliphatic carbocycles. The summed E-state index contributed by atoms with van der Waals surface area (Å²) >= 11 is 0. The van der Waals surface area contributed by atoms with Crippen LogP contribution in [0.25, 0.3) is 11.5 Å². The van der Waals surface area contributed by atoms with E-state index in [0.29, 0.717) is 24.5 Å². The fourth-order valence-corrected chi connectivity index (χ4v) is 3.75. The topological polar surface area (TPSA) is 75.1 Å². The summed E-state index contributed by atoms with van der Waals surface area (Å²) < 4.78 is 0. The molecule has 154 valence electrons. The molecular formula is C23H26N6O. The number of amides is 1. The number of nitrogens with zero attached hydrogens (tertiary/aromatic N) is 6. The number of likely N-dealkylation sites (tertiary alicyclic amines) is 1. The van der Waals surface area contributed by atoms with Crippen LogP contribution in [0.15, 0.2) is 55.0 Å². The third-order valence-corrected chi connectivity index (χ3v) is 5.37. The molecule has 1 aliphatic heterocycles. The summed E-state index contributed by atoms with van der Waals surface area (Å²) in [5.74, 6) is 1.74. The van der Waals surface area contributed by atoms with E-state index in [1.54, 1.807) is 18.6 Å². The van der Waals surface area contributed by atoms with Gasteiger partial charge in [-0.05, 0) is 18.4 Å². The van der Waals surface area contributed by atoms with Crippen LogP contribution in [0.4, 0.5) is 5.82 Å². The van der Waals surface area contributed by atoms with E-state index < -0.39 is 0 Å². The molecule has 0 radical (unpaired) electrons. The molecule has 2 aromatic heterocycles. The average Bonchev–Trinajstić information content (AvgIpc) is 2.80. The minimum absolute atomic E-state index is 0.168. The summed E-state index contributed by atoms with van der Waals surface area (Å²) in [5.41, 5.74) is 2.65. The van der Waals surface area contributed by atoms with E-state index in [0.717, 1.165) is 36.5 Å². The van der Waals surface area contributed by atoms with Gasteiger partial charge in [-0.3, -0.25) is 9.78 Å². The predicted molar refractivity (Wildman–Crippen MR) is 116 cm³/mol. The number of hydrogen-bond donors (Lipinski definition) is 0. The lowest BCUT2D eigenvalue weighted by Crippen LogP contribution is -2.40. The van der Waals surface area contributed by atoms with Gasteiger partial charge >= 0.3 is 0 Å². The van der Waals surface area contributed by atoms with Crippen LogP contribution in [-0.2, 0) is 11.2 Å². The summed E-state index contributed by atoms with van der Waals surface area (Å²) in [7, 11) is 3.92. The van der Waals surface area contributed by atoms with E-state index in [2.05, 4.69) is 15.0 Å². The lowest BCUT2D eigenvalue weighted by atomic mass is 9.93. The maximum Gasteiger partial charge on any atom is 0.227 e. The molecule has 0 spiro atoms. The molecule has 1 atom stereocenters. The van der Waals surface area contributed by atoms with Crippen LogP contribution in [0.1, 0.15) is 30.0 Å². The number of carbonyl (C=O) groups excluding carboxylic acids is 1. The van der Waals surface area contributed by atoms with Crippen molar-refractivity contribution in [3.8, 4) is 11.5 Å². The number of aromatic nitrogens is 4. The van der Waals surface area contributed by atoms with Crippen LogP contribution in [-0.4, -0.2) is 57.9 Å². The monoisotopic (exact) mass is 402 g/mol. The van der Waals surface area contributed by atoms with Crippen LogP contribution in [0.5, 0.6) is 0 Å². The van der Waals surface area contributed by atoms with Gasteiger partial charge in [-0.2, -0.15) is 0 Å². The number of piperidine rings is 1. The van der Waals surface area contributed by atoms with E-state index >= 15 is 0 Å². The summed E-state index contributed by atoms with van der Waals surface area (Å²) in [5, 5.41) is 0. The van der Waals surface area contributed by atoms with Crippen molar-refractivity contribution in [2.75, 3.05) is 32.1 Å². The highest BCUT2D eigenvalue weighted by atomic mass is 16.2. The molecule has 0 unspecified atom stereocenters. The lowest BCUT2D eigenvalue weighted by Gasteiger charge is -2.33. The Hall–Kier alpha value is -3.35. The zero-order valence-corrected chi connectivity index (χ0v) is 17.4. The van der Waals surface area contributed by atoms with Gasteiger partial charge in [0.15, 0.2) is 5.82 Å². The number of anilines is 1. The van der Waals surface area contributed by atoms with Gasteiger partial charge in [-0.15, -0.1) is 0 Å². The van der Waals surface area contributed by atoms with Gasteiger partial charge < -0.3 is 9.80 Å². The lowest BCUT2D eigenvalue weighted by molar-refractivity contribution is -0.131. The second-order valence-corrected chi connectivity index (χ2v) is 7.80. The third-order valence-electron chi connectivity index (χ3n) is 5.37. The highest BCUT2D eigenvalue weighted by molar-refractivity contribution is 5.79. The summed E-state index contributed by atoms with van der Waals surface area (Å²) in [6.45, 7) is 1.47. The van der Waals surface area contributed by atoms with E-state index in [4.69, 9.17) is 4.98 Å². The molecule has 30 heavy (non-hydrogen) atoms. The Morgan fingerprint density at radius 3 is 2.73 bits per heavy atom. The first-order valence-corrected chi connectivity index (χ1v) is 10.2. The molecule has 0 bridgehead atoms. The normalized spacial score (nSPS) is 16.3. The predicted octanol–water partition coefficient (Wildman–Crippen LogP) is 2.95. The van der Waals surface area contributed by atoms with Crippen molar-refractivity contribution in [2.24, 2.45) is 0 Å². The Morgan fingerprint density at radius 2 is 2.00 bits per heavy atom. The number of carbonyl (C=O) groups is 1. The molecule has 7 heteroatoms. The summed E-state index contributed by atoms with van der Waals surface area (Å²) in [6.07, 6.45) is 7.36. The van der Waals surface area contributed by atoms with Crippen molar-refractivity contribution < 1.29 is 4.79 Å². The number of rotatable bonds is 5. The zero-order chi connectivity index (χ0) is 20.9. The molecule has 1 fully saturated rings. The average molecular weight is 403 g/mol. The summed E-state index contributed by atoms with van der Waals surface area (Å²) in [4.78, 5) is 34.8. The van der Waals surface area contributed by atoms with Crippen molar-refractivity contribution in [3.05, 3.63) is 66.2 Å². The van der Waals surface area contributed by atoms with Crippen LogP contribution >= 0.6 is 0 Å². The highest BCUT2D eigenvalue weighted by Crippen LogP contribution is 2.29. The van der Waals surface area contributed by atoms with Crippen molar-refractivity contribution in [3.63, 3.8) is 0 Å². The Morgan fingerprint density at radius 1 is 1.17 bits per heavy atom. The van der Waals surface area contributed by atoms with Crippen LogP contribution in [0, 0.1) is 0 Å². The Balaban J connectivity index is 1.56. The van der Waals surface area contributed by atoms with Crippen molar-refractivity contribution in [1.29, 1.82) is 0 Å². The van der Waals surface area contributed by atoms with E-state index in [9.17, 15) is 4.79 Å². The Bertz CT molecular complexity index is 993. The molecule has 7 nitrogen and oxygen atoms in total. The van der Waals surface area contributed by atoms with E-state index in [1.165, 1.54) is 0 Å². The van der Waals surface area contributed by atoms with Gasteiger partial charge in [0.1, 0.15) is 11.5 Å². The van der Waals surface area contributed by atoms with E-state index in [-0.39, 0.29) is 11.8 Å². The van der Waals surface area contributed by atoms with Crippen LogP contribution in [0.3, 0.4) is 0 Å². The molecule has 4 rings (SSSR count). The van der Waals surface area contributed by atoms with Crippen molar-refractivity contribution in [2.45, 2.75) is 25.2 Å². The molecule has 0 N–H and O–H groups in total. The second kappa shape index (κ2) is 8.98. The largest absolute Gasteiger partial charge is 0.363 e. The molecule has 3 heterocycles. The van der Waals surface area contributed by atoms with Gasteiger partial charge in [-0.1, -0.05) is 30.3 Å². The molecule has 0 saturated carbocycles. The van der Waals surface area contributed by atoms with E-state index in [1.807, 2.05) is 60.3 Å². The van der Waals surface area contributed by atoms with Gasteiger partial charge in [0.2, 0.25) is 5.91 Å².